The Labute approximate surface area is 175 Å². The summed E-state index contributed by atoms with van der Waals surface area (Å²) in [5.41, 5.74) is 1.65. The molecule has 3 aromatic rings. The molecule has 1 atom stereocenters. The van der Waals surface area contributed by atoms with Crippen molar-refractivity contribution < 1.29 is 18.4 Å². The van der Waals surface area contributed by atoms with Gasteiger partial charge in [0.15, 0.2) is 11.4 Å². The molecular formula is C22H28N4O4. The summed E-state index contributed by atoms with van der Waals surface area (Å²) in [5, 5.41) is 7.06. The number of anilines is 2. The van der Waals surface area contributed by atoms with Crippen LogP contribution >= 0.6 is 0 Å². The molecule has 2 aromatic heterocycles. The van der Waals surface area contributed by atoms with Crippen molar-refractivity contribution in [2.24, 2.45) is 5.92 Å². The van der Waals surface area contributed by atoms with Gasteiger partial charge < -0.3 is 28.6 Å². The van der Waals surface area contributed by atoms with E-state index in [1.807, 2.05) is 18.2 Å². The number of piperidine rings is 1. The maximum Gasteiger partial charge on any atom is 0.298 e. The molecule has 3 heterocycles. The lowest BCUT2D eigenvalue weighted by molar-refractivity contribution is -0.00792. The van der Waals surface area contributed by atoms with Gasteiger partial charge in [-0.25, -0.2) is 0 Å². The van der Waals surface area contributed by atoms with E-state index >= 15 is 0 Å². The Balaban J connectivity index is 1.11. The number of hydrogen-bond acceptors (Lipinski definition) is 8. The van der Waals surface area contributed by atoms with Crippen molar-refractivity contribution >= 4 is 22.9 Å². The highest BCUT2D eigenvalue weighted by Crippen LogP contribution is 2.31. The van der Waals surface area contributed by atoms with Crippen molar-refractivity contribution in [3.63, 3.8) is 0 Å². The van der Waals surface area contributed by atoms with Gasteiger partial charge in [-0.3, -0.25) is 0 Å². The average molecular weight is 412 g/mol. The van der Waals surface area contributed by atoms with Crippen molar-refractivity contribution in [3.05, 3.63) is 30.5 Å². The number of hydrogen-bond donors (Lipinski definition) is 1. The second kappa shape index (κ2) is 8.55. The molecule has 1 aliphatic heterocycles. The smallest absolute Gasteiger partial charge is 0.298 e. The summed E-state index contributed by atoms with van der Waals surface area (Å²) in [4.78, 5) is 6.86. The van der Waals surface area contributed by atoms with E-state index in [1.54, 1.807) is 12.3 Å². The van der Waals surface area contributed by atoms with Crippen molar-refractivity contribution in [3.8, 4) is 5.75 Å². The van der Waals surface area contributed by atoms with Crippen LogP contribution in [0.2, 0.25) is 0 Å². The lowest BCUT2D eigenvalue weighted by atomic mass is 10.1. The van der Waals surface area contributed by atoms with E-state index in [1.165, 1.54) is 12.8 Å². The summed E-state index contributed by atoms with van der Waals surface area (Å²) in [6.45, 7) is 5.30. The first-order valence-electron chi connectivity index (χ1n) is 10.8. The third kappa shape index (κ3) is 4.70. The van der Waals surface area contributed by atoms with Gasteiger partial charge in [-0.1, -0.05) is 5.16 Å². The minimum Gasteiger partial charge on any atom is -0.493 e. The average Bonchev–Trinajstić information content (AvgIpc) is 3.26. The molecule has 2 aliphatic rings. The predicted molar refractivity (Wildman–Crippen MR) is 113 cm³/mol. The highest BCUT2D eigenvalue weighted by molar-refractivity contribution is 5.76. The molecule has 8 nitrogen and oxygen atoms in total. The molecule has 1 aliphatic carbocycles. The molecule has 8 heteroatoms. The molecule has 1 saturated carbocycles. The molecule has 1 aromatic carbocycles. The number of oxazole rings is 1. The first-order valence-corrected chi connectivity index (χ1v) is 10.8. The number of fused-ring (bicyclic) bond motifs is 1. The van der Waals surface area contributed by atoms with Gasteiger partial charge in [-0.15, -0.1) is 0 Å². The van der Waals surface area contributed by atoms with Gasteiger partial charge in [0.2, 0.25) is 0 Å². The minimum absolute atomic E-state index is 0.0941. The van der Waals surface area contributed by atoms with Gasteiger partial charge in [0.25, 0.3) is 6.01 Å². The van der Waals surface area contributed by atoms with Crippen molar-refractivity contribution in [2.45, 2.75) is 44.8 Å². The van der Waals surface area contributed by atoms with E-state index in [0.29, 0.717) is 12.6 Å². The number of aromatic nitrogens is 2. The normalized spacial score (nSPS) is 18.6. The van der Waals surface area contributed by atoms with Crippen molar-refractivity contribution in [2.75, 3.05) is 36.5 Å². The van der Waals surface area contributed by atoms with Gasteiger partial charge in [0, 0.05) is 31.8 Å². The summed E-state index contributed by atoms with van der Waals surface area (Å²) in [6.07, 6.45) is 6.35. The van der Waals surface area contributed by atoms with Crippen LogP contribution in [-0.2, 0) is 4.74 Å². The van der Waals surface area contributed by atoms with E-state index in [9.17, 15) is 0 Å². The highest BCUT2D eigenvalue weighted by atomic mass is 16.5. The van der Waals surface area contributed by atoms with Crippen molar-refractivity contribution in [1.29, 1.82) is 0 Å². The molecule has 5 rings (SSSR count). The Morgan fingerprint density at radius 2 is 2.07 bits per heavy atom. The lowest BCUT2D eigenvalue weighted by Gasteiger charge is -2.32. The first-order chi connectivity index (χ1) is 14.7. The second-order valence-electron chi connectivity index (χ2n) is 8.28. The first kappa shape index (κ1) is 19.2. The van der Waals surface area contributed by atoms with E-state index < -0.39 is 0 Å². The number of nitrogens with zero attached hydrogens (tertiary/aromatic N) is 3. The van der Waals surface area contributed by atoms with Crippen LogP contribution in [-0.4, -0.2) is 48.6 Å². The third-order valence-corrected chi connectivity index (χ3v) is 5.68. The zero-order valence-electron chi connectivity index (χ0n) is 17.3. The van der Waals surface area contributed by atoms with Gasteiger partial charge in [0.1, 0.15) is 17.5 Å². The fourth-order valence-electron chi connectivity index (χ4n) is 3.73. The number of nitrogens with one attached hydrogen (secondary N) is 1. The topological polar surface area (TPSA) is 85.8 Å². The Morgan fingerprint density at radius 3 is 2.83 bits per heavy atom. The monoisotopic (exact) mass is 412 g/mol. The maximum atomic E-state index is 6.18. The number of benzene rings is 1. The van der Waals surface area contributed by atoms with Crippen LogP contribution in [0.15, 0.2) is 39.5 Å². The van der Waals surface area contributed by atoms with Crippen LogP contribution in [0.5, 0.6) is 5.75 Å². The van der Waals surface area contributed by atoms with Crippen LogP contribution in [0.4, 0.5) is 11.8 Å². The standard InChI is InChI=1S/C22H28N4O4/c1-15(13-23-21-8-11-28-25-21)29-17-6-9-26(10-7-17)22-24-19-5-4-18(12-20(19)30-22)27-14-16-2-3-16/h4-5,8,11-12,15-17H,2-3,6-7,9-10,13-14H2,1H3,(H,23,25). The molecule has 0 spiro atoms. The highest BCUT2D eigenvalue weighted by Gasteiger charge is 2.25. The quantitative estimate of drug-likeness (QED) is 0.562. The molecule has 30 heavy (non-hydrogen) atoms. The summed E-state index contributed by atoms with van der Waals surface area (Å²) in [5.74, 6) is 2.32. The molecule has 0 bridgehead atoms. The number of ether oxygens (including phenoxy) is 2. The summed E-state index contributed by atoms with van der Waals surface area (Å²) < 4.78 is 22.9. The van der Waals surface area contributed by atoms with Gasteiger partial charge in [-0.05, 0) is 50.7 Å². The SMILES string of the molecule is CC(CNc1ccon1)OC1CCN(c2nc3ccc(OCC4CC4)cc3o2)CC1. The van der Waals surface area contributed by atoms with Crippen LogP contribution in [0, 0.1) is 5.92 Å². The van der Waals surface area contributed by atoms with Crippen LogP contribution < -0.4 is 15.0 Å². The molecule has 1 saturated heterocycles. The fraction of sp³-hybridized carbons (Fsp3) is 0.545. The molecule has 1 N–H and O–H groups in total. The Bertz CT molecular complexity index is 945. The van der Waals surface area contributed by atoms with E-state index in [4.69, 9.17) is 18.4 Å². The molecular weight excluding hydrogens is 384 g/mol. The van der Waals surface area contributed by atoms with E-state index in [0.717, 1.165) is 61.1 Å². The Kier molecular flexibility index (Phi) is 5.48. The predicted octanol–water partition coefficient (Wildman–Crippen LogP) is 4.09. The van der Waals surface area contributed by atoms with Crippen LogP contribution in [0.1, 0.15) is 32.6 Å². The minimum atomic E-state index is 0.0941. The molecule has 0 amide bonds. The Morgan fingerprint density at radius 1 is 1.20 bits per heavy atom. The largest absolute Gasteiger partial charge is 0.493 e. The van der Waals surface area contributed by atoms with Gasteiger partial charge in [-0.2, -0.15) is 4.98 Å². The fourth-order valence-corrected chi connectivity index (χ4v) is 3.73. The summed E-state index contributed by atoms with van der Waals surface area (Å²) >= 11 is 0. The second-order valence-corrected chi connectivity index (χ2v) is 8.28. The van der Waals surface area contributed by atoms with Crippen LogP contribution in [0.3, 0.4) is 0 Å². The van der Waals surface area contributed by atoms with E-state index in [2.05, 4.69) is 27.3 Å². The lowest BCUT2D eigenvalue weighted by Crippen LogP contribution is -2.39. The molecule has 160 valence electrons. The molecule has 0 radical (unpaired) electrons. The van der Waals surface area contributed by atoms with E-state index in [-0.39, 0.29) is 12.2 Å². The van der Waals surface area contributed by atoms with Crippen molar-refractivity contribution in [1.82, 2.24) is 10.1 Å². The maximum absolute atomic E-state index is 6.18. The molecule has 2 fully saturated rings. The third-order valence-electron chi connectivity index (χ3n) is 5.68. The zero-order valence-corrected chi connectivity index (χ0v) is 17.3. The van der Waals surface area contributed by atoms with Crippen LogP contribution in [0.25, 0.3) is 11.1 Å². The molecule has 1 unspecified atom stereocenters. The summed E-state index contributed by atoms with van der Waals surface area (Å²) in [6, 6.07) is 8.39. The number of rotatable bonds is 9. The van der Waals surface area contributed by atoms with Gasteiger partial charge in [0.05, 0.1) is 18.8 Å². The zero-order chi connectivity index (χ0) is 20.3. The van der Waals surface area contributed by atoms with Gasteiger partial charge >= 0.3 is 0 Å². The Hall–Kier alpha value is -2.74. The summed E-state index contributed by atoms with van der Waals surface area (Å²) in [7, 11) is 0.